The second-order valence-corrected chi connectivity index (χ2v) is 5.92. The van der Waals surface area contributed by atoms with Gasteiger partial charge in [-0.05, 0) is 37.5 Å². The summed E-state index contributed by atoms with van der Waals surface area (Å²) in [6, 6.07) is 9.28. The first-order chi connectivity index (χ1) is 8.75. The SMILES string of the molecule is C[C@@H](NC1CCCCCCC1)c1cccc(Cl)c1. The average molecular weight is 266 g/mol. The highest BCUT2D eigenvalue weighted by atomic mass is 35.5. The molecule has 0 heterocycles. The van der Waals surface area contributed by atoms with E-state index in [1.54, 1.807) is 0 Å². The van der Waals surface area contributed by atoms with Gasteiger partial charge in [0.1, 0.15) is 0 Å². The molecule has 18 heavy (non-hydrogen) atoms. The van der Waals surface area contributed by atoms with Crippen LogP contribution < -0.4 is 5.32 Å². The van der Waals surface area contributed by atoms with Crippen LogP contribution in [0, 0.1) is 0 Å². The van der Waals surface area contributed by atoms with E-state index >= 15 is 0 Å². The zero-order valence-electron chi connectivity index (χ0n) is 11.3. The van der Waals surface area contributed by atoms with Crippen LogP contribution in [0.1, 0.15) is 63.5 Å². The van der Waals surface area contributed by atoms with Crippen molar-refractivity contribution >= 4 is 11.6 Å². The third kappa shape index (κ3) is 4.29. The molecule has 0 amide bonds. The van der Waals surface area contributed by atoms with Gasteiger partial charge in [-0.25, -0.2) is 0 Å². The Labute approximate surface area is 116 Å². The molecule has 1 N–H and O–H groups in total. The standard InChI is InChI=1S/C16H24ClN/c1-13(14-8-7-9-15(17)12-14)18-16-10-5-3-2-4-6-11-16/h7-9,12-13,16,18H,2-6,10-11H2,1H3/t13-/m1/s1. The van der Waals surface area contributed by atoms with Gasteiger partial charge in [0.15, 0.2) is 0 Å². The molecule has 1 fully saturated rings. The predicted octanol–water partition coefficient (Wildman–Crippen LogP) is 5.10. The fourth-order valence-corrected chi connectivity index (χ4v) is 3.05. The van der Waals surface area contributed by atoms with Crippen molar-refractivity contribution in [2.24, 2.45) is 0 Å². The third-order valence-electron chi connectivity index (χ3n) is 3.94. The number of hydrogen-bond donors (Lipinski definition) is 1. The second kappa shape index (κ2) is 7.16. The summed E-state index contributed by atoms with van der Waals surface area (Å²) in [4.78, 5) is 0. The smallest absolute Gasteiger partial charge is 0.0409 e. The molecule has 0 aliphatic heterocycles. The molecule has 1 saturated carbocycles. The van der Waals surface area contributed by atoms with E-state index in [0.29, 0.717) is 12.1 Å². The molecule has 0 saturated heterocycles. The quantitative estimate of drug-likeness (QED) is 0.801. The minimum Gasteiger partial charge on any atom is -0.307 e. The first kappa shape index (κ1) is 13.9. The monoisotopic (exact) mass is 265 g/mol. The Balaban J connectivity index is 1.90. The predicted molar refractivity (Wildman–Crippen MR) is 79.1 cm³/mol. The molecule has 0 unspecified atom stereocenters. The van der Waals surface area contributed by atoms with Crippen molar-refractivity contribution in [3.63, 3.8) is 0 Å². The highest BCUT2D eigenvalue weighted by Crippen LogP contribution is 2.22. The first-order valence-electron chi connectivity index (χ1n) is 7.27. The number of benzene rings is 1. The molecule has 2 heteroatoms. The normalized spacial score (nSPS) is 20.1. The number of hydrogen-bond acceptors (Lipinski definition) is 1. The van der Waals surface area contributed by atoms with Gasteiger partial charge in [0.2, 0.25) is 0 Å². The summed E-state index contributed by atoms with van der Waals surface area (Å²) in [6.45, 7) is 2.24. The van der Waals surface area contributed by atoms with E-state index in [2.05, 4.69) is 24.4 Å². The van der Waals surface area contributed by atoms with Crippen LogP contribution in [-0.4, -0.2) is 6.04 Å². The van der Waals surface area contributed by atoms with Crippen molar-refractivity contribution in [1.29, 1.82) is 0 Å². The van der Waals surface area contributed by atoms with Crippen molar-refractivity contribution < 1.29 is 0 Å². The maximum absolute atomic E-state index is 6.05. The zero-order valence-corrected chi connectivity index (χ0v) is 12.0. The van der Waals surface area contributed by atoms with Crippen molar-refractivity contribution in [2.75, 3.05) is 0 Å². The molecule has 0 radical (unpaired) electrons. The van der Waals surface area contributed by atoms with Crippen LogP contribution in [0.5, 0.6) is 0 Å². The van der Waals surface area contributed by atoms with E-state index in [1.807, 2.05) is 12.1 Å². The molecule has 100 valence electrons. The van der Waals surface area contributed by atoms with Gasteiger partial charge in [-0.15, -0.1) is 0 Å². The lowest BCUT2D eigenvalue weighted by molar-refractivity contribution is 0.363. The molecular weight excluding hydrogens is 242 g/mol. The molecule has 2 rings (SSSR count). The minimum absolute atomic E-state index is 0.396. The van der Waals surface area contributed by atoms with Crippen molar-refractivity contribution in [1.82, 2.24) is 5.32 Å². The molecular formula is C16H24ClN. The molecule has 0 bridgehead atoms. The van der Waals surface area contributed by atoms with Crippen LogP contribution in [0.15, 0.2) is 24.3 Å². The number of halogens is 1. The summed E-state index contributed by atoms with van der Waals surface area (Å²) >= 11 is 6.05. The molecule has 0 spiro atoms. The van der Waals surface area contributed by atoms with Crippen LogP contribution in [0.4, 0.5) is 0 Å². The molecule has 1 atom stereocenters. The van der Waals surface area contributed by atoms with Gasteiger partial charge < -0.3 is 5.32 Å². The van der Waals surface area contributed by atoms with E-state index in [4.69, 9.17) is 11.6 Å². The maximum atomic E-state index is 6.05. The lowest BCUT2D eigenvalue weighted by Crippen LogP contribution is -2.32. The summed E-state index contributed by atoms with van der Waals surface area (Å²) < 4.78 is 0. The van der Waals surface area contributed by atoms with Gasteiger partial charge in [-0.3, -0.25) is 0 Å². The van der Waals surface area contributed by atoms with Crippen LogP contribution >= 0.6 is 11.6 Å². The highest BCUT2D eigenvalue weighted by molar-refractivity contribution is 6.30. The van der Waals surface area contributed by atoms with Gasteiger partial charge >= 0.3 is 0 Å². The largest absolute Gasteiger partial charge is 0.307 e. The van der Waals surface area contributed by atoms with Gasteiger partial charge in [0.05, 0.1) is 0 Å². The Morgan fingerprint density at radius 3 is 2.44 bits per heavy atom. The topological polar surface area (TPSA) is 12.0 Å². The molecule has 0 aromatic heterocycles. The van der Waals surface area contributed by atoms with Gasteiger partial charge in [-0.2, -0.15) is 0 Å². The van der Waals surface area contributed by atoms with Crippen molar-refractivity contribution in [3.05, 3.63) is 34.9 Å². The lowest BCUT2D eigenvalue weighted by Gasteiger charge is -2.25. The fraction of sp³-hybridized carbons (Fsp3) is 0.625. The van der Waals surface area contributed by atoms with Crippen molar-refractivity contribution in [2.45, 2.75) is 64.0 Å². The van der Waals surface area contributed by atoms with Gasteiger partial charge in [-0.1, -0.05) is 55.8 Å². The second-order valence-electron chi connectivity index (χ2n) is 5.49. The third-order valence-corrected chi connectivity index (χ3v) is 4.17. The van der Waals surface area contributed by atoms with Crippen molar-refractivity contribution in [3.8, 4) is 0 Å². The van der Waals surface area contributed by atoms with E-state index in [9.17, 15) is 0 Å². The average Bonchev–Trinajstić information content (AvgIpc) is 2.32. The Hall–Kier alpha value is -0.530. The molecule has 1 aliphatic carbocycles. The number of nitrogens with one attached hydrogen (secondary N) is 1. The van der Waals surface area contributed by atoms with Crippen LogP contribution in [0.3, 0.4) is 0 Å². The first-order valence-corrected chi connectivity index (χ1v) is 7.65. The summed E-state index contributed by atoms with van der Waals surface area (Å²) in [7, 11) is 0. The number of rotatable bonds is 3. The van der Waals surface area contributed by atoms with E-state index in [1.165, 1.54) is 50.5 Å². The Morgan fingerprint density at radius 1 is 1.11 bits per heavy atom. The van der Waals surface area contributed by atoms with Crippen LogP contribution in [0.25, 0.3) is 0 Å². The molecule has 1 aromatic rings. The molecule has 1 aliphatic rings. The Morgan fingerprint density at radius 2 is 1.78 bits per heavy atom. The minimum atomic E-state index is 0.396. The summed E-state index contributed by atoms with van der Waals surface area (Å²) in [5.41, 5.74) is 1.30. The summed E-state index contributed by atoms with van der Waals surface area (Å²) in [5, 5.41) is 4.60. The Kier molecular flexibility index (Phi) is 5.52. The van der Waals surface area contributed by atoms with Crippen LogP contribution in [0.2, 0.25) is 5.02 Å². The van der Waals surface area contributed by atoms with Gasteiger partial charge in [0.25, 0.3) is 0 Å². The summed E-state index contributed by atoms with van der Waals surface area (Å²) in [6.07, 6.45) is 9.64. The molecule has 1 aromatic carbocycles. The lowest BCUT2D eigenvalue weighted by atomic mass is 9.95. The Bertz CT molecular complexity index is 356. The summed E-state index contributed by atoms with van der Waals surface area (Å²) in [5.74, 6) is 0. The fourth-order valence-electron chi connectivity index (χ4n) is 2.85. The van der Waals surface area contributed by atoms with E-state index < -0.39 is 0 Å². The van der Waals surface area contributed by atoms with E-state index in [0.717, 1.165) is 5.02 Å². The zero-order chi connectivity index (χ0) is 12.8. The van der Waals surface area contributed by atoms with Gasteiger partial charge in [0, 0.05) is 17.1 Å². The highest BCUT2D eigenvalue weighted by Gasteiger charge is 2.14. The molecule has 1 nitrogen and oxygen atoms in total. The van der Waals surface area contributed by atoms with Crippen LogP contribution in [-0.2, 0) is 0 Å². The van der Waals surface area contributed by atoms with E-state index in [-0.39, 0.29) is 0 Å². The maximum Gasteiger partial charge on any atom is 0.0409 e.